The fourth-order valence-electron chi connectivity index (χ4n) is 3.74. The summed E-state index contributed by atoms with van der Waals surface area (Å²) in [6, 6.07) is 25.4. The van der Waals surface area contributed by atoms with Crippen LogP contribution in [0.4, 0.5) is 8.78 Å². The highest BCUT2D eigenvalue weighted by Crippen LogP contribution is 2.29. The molecule has 0 aliphatic rings. The lowest BCUT2D eigenvalue weighted by atomic mass is 9.97. The van der Waals surface area contributed by atoms with Crippen molar-refractivity contribution in [3.05, 3.63) is 96.1 Å². The van der Waals surface area contributed by atoms with E-state index in [0.717, 1.165) is 17.5 Å². The molecule has 0 atom stereocenters. The van der Waals surface area contributed by atoms with Crippen molar-refractivity contribution in [2.45, 2.75) is 32.6 Å². The summed E-state index contributed by atoms with van der Waals surface area (Å²) in [5.41, 5.74) is 5.80. The minimum absolute atomic E-state index is 0.310. The molecule has 0 amide bonds. The molecule has 0 spiro atoms. The van der Waals surface area contributed by atoms with E-state index in [9.17, 15) is 8.78 Å². The topological polar surface area (TPSA) is 0 Å². The van der Waals surface area contributed by atoms with Crippen LogP contribution in [0.15, 0.2) is 78.9 Å². The number of halogens is 2. The molecule has 4 rings (SSSR count). The Morgan fingerprint density at radius 1 is 0.621 bits per heavy atom. The van der Waals surface area contributed by atoms with Gasteiger partial charge in [-0.1, -0.05) is 86.5 Å². The van der Waals surface area contributed by atoms with Gasteiger partial charge in [-0.15, -0.1) is 0 Å². The Bertz CT molecular complexity index is 1110. The second kappa shape index (κ2) is 8.57. The Balaban J connectivity index is 1.55. The summed E-state index contributed by atoms with van der Waals surface area (Å²) < 4.78 is 27.3. The SMILES string of the molecule is CCCCCc1ccc(-c2ccc(-c3ccc4c(F)c(F)ccc4c3)cc2)cc1. The van der Waals surface area contributed by atoms with E-state index in [1.54, 1.807) is 12.1 Å². The molecule has 0 aliphatic heterocycles. The van der Waals surface area contributed by atoms with Gasteiger partial charge in [-0.05, 0) is 58.2 Å². The molecule has 2 heteroatoms. The fraction of sp³-hybridized carbons (Fsp3) is 0.185. The maximum Gasteiger partial charge on any atom is 0.166 e. The first-order chi connectivity index (χ1) is 14.2. The van der Waals surface area contributed by atoms with Crippen molar-refractivity contribution < 1.29 is 8.78 Å². The summed E-state index contributed by atoms with van der Waals surface area (Å²) in [7, 11) is 0. The molecule has 0 aromatic heterocycles. The number of benzene rings is 4. The van der Waals surface area contributed by atoms with Gasteiger partial charge in [-0.3, -0.25) is 0 Å². The van der Waals surface area contributed by atoms with Crippen LogP contribution in [0.25, 0.3) is 33.0 Å². The van der Waals surface area contributed by atoms with E-state index in [1.807, 2.05) is 12.1 Å². The third kappa shape index (κ3) is 4.22. The minimum atomic E-state index is -0.814. The third-order valence-corrected chi connectivity index (χ3v) is 5.48. The van der Waals surface area contributed by atoms with Crippen LogP contribution < -0.4 is 0 Å². The van der Waals surface area contributed by atoms with E-state index in [-0.39, 0.29) is 0 Å². The van der Waals surface area contributed by atoms with Gasteiger partial charge in [0.1, 0.15) is 0 Å². The van der Waals surface area contributed by atoms with E-state index < -0.39 is 11.6 Å². The number of fused-ring (bicyclic) bond motifs is 1. The van der Waals surface area contributed by atoms with Crippen molar-refractivity contribution >= 4 is 10.8 Å². The standard InChI is InChI=1S/C27H24F2/c1-2-3-4-5-19-6-8-20(9-7-19)21-10-12-22(13-11-21)23-14-16-25-24(18-23)15-17-26(28)27(25)29/h6-18H,2-5H2,1H3. The zero-order valence-corrected chi connectivity index (χ0v) is 16.6. The van der Waals surface area contributed by atoms with Crippen molar-refractivity contribution in [2.75, 3.05) is 0 Å². The summed E-state index contributed by atoms with van der Waals surface area (Å²) in [5.74, 6) is -1.60. The Labute approximate surface area is 170 Å². The molecular formula is C27H24F2. The molecule has 0 saturated carbocycles. The number of unbranched alkanes of at least 4 members (excludes halogenated alkanes) is 2. The van der Waals surface area contributed by atoms with Crippen molar-refractivity contribution in [1.82, 2.24) is 0 Å². The molecule has 0 radical (unpaired) electrons. The second-order valence-corrected chi connectivity index (χ2v) is 7.53. The molecule has 0 fully saturated rings. The molecule has 0 N–H and O–H groups in total. The molecule has 0 heterocycles. The minimum Gasteiger partial charge on any atom is -0.204 e. The normalized spacial score (nSPS) is 11.1. The lowest BCUT2D eigenvalue weighted by molar-refractivity contribution is 0.517. The van der Waals surface area contributed by atoms with Crippen molar-refractivity contribution in [3.8, 4) is 22.3 Å². The second-order valence-electron chi connectivity index (χ2n) is 7.53. The van der Waals surface area contributed by atoms with Crippen LogP contribution in [0.5, 0.6) is 0 Å². The number of hydrogen-bond donors (Lipinski definition) is 0. The molecule has 0 nitrogen and oxygen atoms in total. The summed E-state index contributed by atoms with van der Waals surface area (Å²) in [6.07, 6.45) is 4.90. The summed E-state index contributed by atoms with van der Waals surface area (Å²) in [5, 5.41) is 1.01. The third-order valence-electron chi connectivity index (χ3n) is 5.48. The van der Waals surface area contributed by atoms with Crippen LogP contribution in [0, 0.1) is 11.6 Å². The van der Waals surface area contributed by atoms with E-state index in [4.69, 9.17) is 0 Å². The maximum atomic E-state index is 13.9. The molecule has 146 valence electrons. The lowest BCUT2D eigenvalue weighted by Gasteiger charge is -2.08. The largest absolute Gasteiger partial charge is 0.204 e. The van der Waals surface area contributed by atoms with Gasteiger partial charge in [0.05, 0.1) is 0 Å². The molecule has 29 heavy (non-hydrogen) atoms. The average molecular weight is 386 g/mol. The van der Waals surface area contributed by atoms with Crippen LogP contribution in [0.2, 0.25) is 0 Å². The summed E-state index contributed by atoms with van der Waals surface area (Å²) >= 11 is 0. The van der Waals surface area contributed by atoms with Gasteiger partial charge >= 0.3 is 0 Å². The fourth-order valence-corrected chi connectivity index (χ4v) is 3.74. The number of aryl methyl sites for hydroxylation is 1. The average Bonchev–Trinajstić information content (AvgIpc) is 2.77. The van der Waals surface area contributed by atoms with Gasteiger partial charge in [-0.2, -0.15) is 0 Å². The smallest absolute Gasteiger partial charge is 0.166 e. The highest BCUT2D eigenvalue weighted by atomic mass is 19.2. The lowest BCUT2D eigenvalue weighted by Crippen LogP contribution is -1.87. The number of hydrogen-bond acceptors (Lipinski definition) is 0. The van der Waals surface area contributed by atoms with Gasteiger partial charge < -0.3 is 0 Å². The van der Waals surface area contributed by atoms with Gasteiger partial charge in [0.2, 0.25) is 0 Å². The van der Waals surface area contributed by atoms with E-state index >= 15 is 0 Å². The zero-order chi connectivity index (χ0) is 20.2. The molecule has 4 aromatic carbocycles. The molecule has 0 saturated heterocycles. The zero-order valence-electron chi connectivity index (χ0n) is 16.6. The van der Waals surface area contributed by atoms with Crippen molar-refractivity contribution in [2.24, 2.45) is 0 Å². The van der Waals surface area contributed by atoms with Gasteiger partial charge in [0.25, 0.3) is 0 Å². The van der Waals surface area contributed by atoms with E-state index in [2.05, 4.69) is 55.5 Å². The Morgan fingerprint density at radius 2 is 1.21 bits per heavy atom. The predicted octanol–water partition coefficient (Wildman–Crippen LogP) is 8.18. The van der Waals surface area contributed by atoms with E-state index in [1.165, 1.54) is 42.0 Å². The molecule has 0 unspecified atom stereocenters. The maximum absolute atomic E-state index is 13.9. The highest BCUT2D eigenvalue weighted by Gasteiger charge is 2.08. The first-order valence-corrected chi connectivity index (χ1v) is 10.2. The van der Waals surface area contributed by atoms with Crippen LogP contribution in [-0.2, 0) is 6.42 Å². The Morgan fingerprint density at radius 3 is 1.86 bits per heavy atom. The van der Waals surface area contributed by atoms with Crippen LogP contribution >= 0.6 is 0 Å². The Hall–Kier alpha value is -3.00. The number of rotatable bonds is 6. The van der Waals surface area contributed by atoms with E-state index in [0.29, 0.717) is 10.8 Å². The summed E-state index contributed by atoms with van der Waals surface area (Å²) in [4.78, 5) is 0. The van der Waals surface area contributed by atoms with Gasteiger partial charge in [0, 0.05) is 5.39 Å². The molecular weight excluding hydrogens is 362 g/mol. The molecule has 4 aromatic rings. The quantitative estimate of drug-likeness (QED) is 0.293. The monoisotopic (exact) mass is 386 g/mol. The van der Waals surface area contributed by atoms with Crippen molar-refractivity contribution in [1.29, 1.82) is 0 Å². The highest BCUT2D eigenvalue weighted by molar-refractivity contribution is 5.88. The van der Waals surface area contributed by atoms with Gasteiger partial charge in [0.15, 0.2) is 11.6 Å². The van der Waals surface area contributed by atoms with Crippen LogP contribution in [0.1, 0.15) is 31.7 Å². The van der Waals surface area contributed by atoms with Crippen molar-refractivity contribution in [3.63, 3.8) is 0 Å². The summed E-state index contributed by atoms with van der Waals surface area (Å²) in [6.45, 7) is 2.22. The first kappa shape index (κ1) is 19.3. The predicted molar refractivity (Wildman–Crippen MR) is 118 cm³/mol. The first-order valence-electron chi connectivity index (χ1n) is 10.2. The molecule has 0 aliphatic carbocycles. The van der Waals surface area contributed by atoms with Gasteiger partial charge in [-0.25, -0.2) is 8.78 Å². The van der Waals surface area contributed by atoms with Crippen LogP contribution in [-0.4, -0.2) is 0 Å². The van der Waals surface area contributed by atoms with Crippen LogP contribution in [0.3, 0.4) is 0 Å². The molecule has 0 bridgehead atoms. The Kier molecular flexibility index (Phi) is 5.71.